The maximum absolute atomic E-state index is 10.7. The molecule has 0 saturated carbocycles. The molecule has 0 aliphatic rings. The summed E-state index contributed by atoms with van der Waals surface area (Å²) >= 11 is 0. The number of anilines is 3. The van der Waals surface area contributed by atoms with Gasteiger partial charge in [0.15, 0.2) is 0 Å². The molecule has 126 valence electrons. The van der Waals surface area contributed by atoms with Gasteiger partial charge < -0.3 is 10.6 Å². The minimum absolute atomic E-state index is 0.0408. The first-order valence-electron chi connectivity index (χ1n) is 7.70. The molecule has 0 atom stereocenters. The van der Waals surface area contributed by atoms with Crippen LogP contribution in [0.4, 0.5) is 23.1 Å². The van der Waals surface area contributed by atoms with Crippen LogP contribution in [0.15, 0.2) is 54.9 Å². The molecule has 0 spiro atoms. The number of rotatable bonds is 6. The Balaban J connectivity index is 1.92. The van der Waals surface area contributed by atoms with E-state index in [1.54, 1.807) is 24.5 Å². The predicted octanol–water partition coefficient (Wildman–Crippen LogP) is 3.62. The van der Waals surface area contributed by atoms with Gasteiger partial charge in [-0.25, -0.2) is 4.98 Å². The SMILES string of the molecule is CCNc1nc(Nc2ccc([N+](=O)[O-])cc2)cc(-c2ccncc2)n1. The lowest BCUT2D eigenvalue weighted by Crippen LogP contribution is -2.05. The Kier molecular flexibility index (Phi) is 4.79. The van der Waals surface area contributed by atoms with Gasteiger partial charge in [-0.15, -0.1) is 0 Å². The van der Waals surface area contributed by atoms with Crippen molar-refractivity contribution in [3.8, 4) is 11.3 Å². The number of nitro benzene ring substituents is 1. The van der Waals surface area contributed by atoms with Crippen molar-refractivity contribution >= 4 is 23.1 Å². The van der Waals surface area contributed by atoms with E-state index in [2.05, 4.69) is 25.6 Å². The molecule has 0 aliphatic carbocycles. The Bertz CT molecular complexity index is 868. The summed E-state index contributed by atoms with van der Waals surface area (Å²) in [4.78, 5) is 23.2. The molecule has 0 aliphatic heterocycles. The fourth-order valence-electron chi connectivity index (χ4n) is 2.23. The van der Waals surface area contributed by atoms with E-state index in [1.807, 2.05) is 25.1 Å². The standard InChI is InChI=1S/C17H16N6O2/c1-2-19-17-21-15(12-7-9-18-10-8-12)11-16(22-17)20-13-3-5-14(6-4-13)23(24)25/h3-11H,2H2,1H3,(H2,19,20,21,22). The highest BCUT2D eigenvalue weighted by Crippen LogP contribution is 2.24. The second kappa shape index (κ2) is 7.35. The summed E-state index contributed by atoms with van der Waals surface area (Å²) in [5.41, 5.74) is 2.41. The van der Waals surface area contributed by atoms with Gasteiger partial charge in [0.1, 0.15) is 5.82 Å². The van der Waals surface area contributed by atoms with E-state index in [-0.39, 0.29) is 5.69 Å². The molecule has 25 heavy (non-hydrogen) atoms. The first-order valence-corrected chi connectivity index (χ1v) is 7.70. The fraction of sp³-hybridized carbons (Fsp3) is 0.118. The normalized spacial score (nSPS) is 10.3. The zero-order valence-electron chi connectivity index (χ0n) is 13.5. The molecule has 0 radical (unpaired) electrons. The molecular weight excluding hydrogens is 320 g/mol. The number of hydrogen-bond acceptors (Lipinski definition) is 7. The number of nitro groups is 1. The van der Waals surface area contributed by atoms with E-state index in [9.17, 15) is 10.1 Å². The van der Waals surface area contributed by atoms with E-state index >= 15 is 0 Å². The highest BCUT2D eigenvalue weighted by Gasteiger charge is 2.08. The highest BCUT2D eigenvalue weighted by molar-refractivity contribution is 5.67. The summed E-state index contributed by atoms with van der Waals surface area (Å²) in [7, 11) is 0. The number of nitrogens with zero attached hydrogens (tertiary/aromatic N) is 4. The lowest BCUT2D eigenvalue weighted by molar-refractivity contribution is -0.384. The maximum Gasteiger partial charge on any atom is 0.269 e. The molecule has 2 aromatic heterocycles. The third kappa shape index (κ3) is 4.05. The minimum Gasteiger partial charge on any atom is -0.354 e. The van der Waals surface area contributed by atoms with E-state index in [0.717, 1.165) is 11.3 Å². The number of non-ortho nitro benzene ring substituents is 1. The van der Waals surface area contributed by atoms with Crippen LogP contribution in [0.5, 0.6) is 0 Å². The molecule has 3 aromatic rings. The van der Waals surface area contributed by atoms with Crippen molar-refractivity contribution in [1.82, 2.24) is 15.0 Å². The van der Waals surface area contributed by atoms with Crippen LogP contribution in [0.1, 0.15) is 6.92 Å². The molecule has 2 N–H and O–H groups in total. The topological polar surface area (TPSA) is 106 Å². The third-order valence-electron chi connectivity index (χ3n) is 3.39. The van der Waals surface area contributed by atoms with E-state index < -0.39 is 4.92 Å². The second-order valence-corrected chi connectivity index (χ2v) is 5.16. The van der Waals surface area contributed by atoms with E-state index in [0.29, 0.717) is 24.0 Å². The number of pyridine rings is 1. The van der Waals surface area contributed by atoms with Crippen LogP contribution in [0.25, 0.3) is 11.3 Å². The van der Waals surface area contributed by atoms with Crippen molar-refractivity contribution in [1.29, 1.82) is 0 Å². The van der Waals surface area contributed by atoms with Crippen LogP contribution in [-0.2, 0) is 0 Å². The molecule has 3 rings (SSSR count). The largest absolute Gasteiger partial charge is 0.354 e. The molecule has 8 nitrogen and oxygen atoms in total. The smallest absolute Gasteiger partial charge is 0.269 e. The third-order valence-corrected chi connectivity index (χ3v) is 3.39. The van der Waals surface area contributed by atoms with Gasteiger partial charge in [-0.05, 0) is 31.2 Å². The Hall–Kier alpha value is -3.55. The Morgan fingerprint density at radius 1 is 1.08 bits per heavy atom. The van der Waals surface area contributed by atoms with Gasteiger partial charge in [0.05, 0.1) is 10.6 Å². The highest BCUT2D eigenvalue weighted by atomic mass is 16.6. The van der Waals surface area contributed by atoms with Crippen molar-refractivity contribution in [3.05, 3.63) is 65.0 Å². The monoisotopic (exact) mass is 336 g/mol. The molecule has 8 heteroatoms. The lowest BCUT2D eigenvalue weighted by Gasteiger charge is -2.10. The zero-order chi connectivity index (χ0) is 17.6. The van der Waals surface area contributed by atoms with Crippen LogP contribution in [-0.4, -0.2) is 26.4 Å². The summed E-state index contributed by atoms with van der Waals surface area (Å²) in [6.45, 7) is 2.66. The summed E-state index contributed by atoms with van der Waals surface area (Å²) in [6.07, 6.45) is 3.40. The summed E-state index contributed by atoms with van der Waals surface area (Å²) in [6, 6.07) is 11.7. The molecule has 0 saturated heterocycles. The predicted molar refractivity (Wildman–Crippen MR) is 95.8 cm³/mol. The average Bonchev–Trinajstić information content (AvgIpc) is 2.63. The van der Waals surface area contributed by atoms with Crippen LogP contribution in [0.2, 0.25) is 0 Å². The number of aromatic nitrogens is 3. The van der Waals surface area contributed by atoms with Crippen molar-refractivity contribution in [3.63, 3.8) is 0 Å². The van der Waals surface area contributed by atoms with Crippen LogP contribution in [0.3, 0.4) is 0 Å². The van der Waals surface area contributed by atoms with Gasteiger partial charge in [0.25, 0.3) is 5.69 Å². The molecule has 0 fully saturated rings. The van der Waals surface area contributed by atoms with Gasteiger partial charge in [-0.3, -0.25) is 15.1 Å². The molecule has 0 unspecified atom stereocenters. The first-order chi connectivity index (χ1) is 12.2. The van der Waals surface area contributed by atoms with Gasteiger partial charge in [-0.1, -0.05) is 0 Å². The quantitative estimate of drug-likeness (QED) is 0.523. The number of benzene rings is 1. The van der Waals surface area contributed by atoms with Gasteiger partial charge >= 0.3 is 0 Å². The molecule has 1 aromatic carbocycles. The van der Waals surface area contributed by atoms with Crippen LogP contribution in [0, 0.1) is 10.1 Å². The zero-order valence-corrected chi connectivity index (χ0v) is 13.5. The summed E-state index contributed by atoms with van der Waals surface area (Å²) in [5.74, 6) is 1.09. The van der Waals surface area contributed by atoms with E-state index in [4.69, 9.17) is 0 Å². The Labute approximate surface area is 144 Å². The van der Waals surface area contributed by atoms with Crippen molar-refractivity contribution in [2.24, 2.45) is 0 Å². The maximum atomic E-state index is 10.7. The lowest BCUT2D eigenvalue weighted by atomic mass is 10.2. The average molecular weight is 336 g/mol. The van der Waals surface area contributed by atoms with Gasteiger partial charge in [0.2, 0.25) is 5.95 Å². The fourth-order valence-corrected chi connectivity index (χ4v) is 2.23. The molecule has 0 bridgehead atoms. The first kappa shape index (κ1) is 16.3. The van der Waals surface area contributed by atoms with Gasteiger partial charge in [0, 0.05) is 48.4 Å². The van der Waals surface area contributed by atoms with Crippen molar-refractivity contribution < 1.29 is 4.92 Å². The number of nitrogens with one attached hydrogen (secondary N) is 2. The second-order valence-electron chi connectivity index (χ2n) is 5.16. The van der Waals surface area contributed by atoms with Gasteiger partial charge in [-0.2, -0.15) is 4.98 Å². The van der Waals surface area contributed by atoms with Crippen molar-refractivity contribution in [2.45, 2.75) is 6.92 Å². The number of hydrogen-bond donors (Lipinski definition) is 2. The molecule has 2 heterocycles. The molecule has 0 amide bonds. The van der Waals surface area contributed by atoms with Crippen LogP contribution < -0.4 is 10.6 Å². The summed E-state index contributed by atoms with van der Waals surface area (Å²) < 4.78 is 0. The Morgan fingerprint density at radius 3 is 2.44 bits per heavy atom. The minimum atomic E-state index is -0.431. The van der Waals surface area contributed by atoms with E-state index in [1.165, 1.54) is 12.1 Å². The Morgan fingerprint density at radius 2 is 1.80 bits per heavy atom. The summed E-state index contributed by atoms with van der Waals surface area (Å²) in [5, 5.41) is 17.0. The van der Waals surface area contributed by atoms with Crippen molar-refractivity contribution in [2.75, 3.05) is 17.2 Å². The van der Waals surface area contributed by atoms with Crippen LogP contribution >= 0.6 is 0 Å². The molecular formula is C17H16N6O2.